The maximum Gasteiger partial charge on any atom is 0.498 e. The molecule has 2 amide bonds. The van der Waals surface area contributed by atoms with E-state index in [1.54, 1.807) is 26.6 Å². The van der Waals surface area contributed by atoms with Gasteiger partial charge in [-0.1, -0.05) is 46.3 Å². The highest BCUT2D eigenvalue weighted by molar-refractivity contribution is 9.10. The number of anilines is 4. The molecule has 5 aromatic rings. The number of hydrogen-bond acceptors (Lipinski definition) is 12. The summed E-state index contributed by atoms with van der Waals surface area (Å²) in [6, 6.07) is 28.4. The number of ether oxygens (including phenoxy) is 3. The Morgan fingerprint density at radius 3 is 1.67 bits per heavy atom. The van der Waals surface area contributed by atoms with Crippen molar-refractivity contribution in [3.63, 3.8) is 0 Å². The third-order valence-corrected chi connectivity index (χ3v) is 15.9. The number of allylic oxidation sites excluding steroid dienone is 1. The fourth-order valence-corrected chi connectivity index (χ4v) is 10.7. The van der Waals surface area contributed by atoms with Gasteiger partial charge in [0.1, 0.15) is 28.2 Å². The number of carbonyl (C=O) groups excluding carboxylic acids is 3. The first-order valence-corrected chi connectivity index (χ1v) is 25.5. The molecule has 3 fully saturated rings. The average Bonchev–Trinajstić information content (AvgIpc) is 4.25. The standard InChI is InChI=1S/C23H23N3O2.C19H19BrN2O2.C14H23BN2O4/c1-25-21-13-20(28-2)8-5-17(21)14-23(25)10-12-26(22(23)27)19-6-3-16(4-7-19)18-9-11-24-15-18;1-21-17-11-16(24-2)8-3-13(17)12-19(21)9-10-22(18(19)23)15-6-4-14(20)5-7-15;1-12(2,3)19-11(18)17-9-10(8-16-17)15-20-13(4,5)14(6,7)21-15/h3-9,13,15H,10-12,14H2,1-2H3;3-8,11H,9-10,12H2,1-2H3;8-9H,1-7H3. The molecular formula is C56H65BBrN7O8. The molecule has 6 aliphatic heterocycles. The molecule has 0 radical (unpaired) electrons. The summed E-state index contributed by atoms with van der Waals surface area (Å²) in [6.07, 6.45) is 9.80. The lowest BCUT2D eigenvalue weighted by molar-refractivity contribution is -0.122. The average molecular weight is 1050 g/mol. The molecule has 382 valence electrons. The van der Waals surface area contributed by atoms with Crippen molar-refractivity contribution in [1.29, 1.82) is 0 Å². The second-order valence-corrected chi connectivity index (χ2v) is 22.3. The molecule has 0 aliphatic carbocycles. The third-order valence-electron chi connectivity index (χ3n) is 15.3. The molecule has 0 saturated carbocycles. The van der Waals surface area contributed by atoms with E-state index in [4.69, 9.17) is 23.5 Å². The number of halogens is 1. The number of amides is 2. The summed E-state index contributed by atoms with van der Waals surface area (Å²) in [5.74, 6) is 2.01. The van der Waals surface area contributed by atoms with Crippen LogP contribution in [0.2, 0.25) is 0 Å². The summed E-state index contributed by atoms with van der Waals surface area (Å²) >= 11 is 3.45. The van der Waals surface area contributed by atoms with Crippen LogP contribution in [0, 0.1) is 0 Å². The van der Waals surface area contributed by atoms with Crippen molar-refractivity contribution in [3.8, 4) is 11.5 Å². The largest absolute Gasteiger partial charge is 0.498 e. The number of methoxy groups -OCH3 is 2. The molecule has 17 heteroatoms. The molecule has 1 aromatic heterocycles. The first-order valence-electron chi connectivity index (χ1n) is 24.7. The van der Waals surface area contributed by atoms with Gasteiger partial charge in [0.15, 0.2) is 0 Å². The van der Waals surface area contributed by atoms with E-state index < -0.39 is 41.1 Å². The molecule has 11 rings (SSSR count). The Labute approximate surface area is 437 Å². The van der Waals surface area contributed by atoms with E-state index in [0.29, 0.717) is 5.46 Å². The predicted octanol–water partition coefficient (Wildman–Crippen LogP) is 8.92. The zero-order chi connectivity index (χ0) is 52.3. The monoisotopic (exact) mass is 1050 g/mol. The Kier molecular flexibility index (Phi) is 13.7. The normalized spacial score (nSPS) is 22.1. The highest BCUT2D eigenvalue weighted by atomic mass is 79.9. The number of benzene rings is 4. The zero-order valence-electron chi connectivity index (χ0n) is 43.7. The Balaban J connectivity index is 0.000000137. The molecule has 2 spiro atoms. The van der Waals surface area contributed by atoms with Gasteiger partial charge in [-0.2, -0.15) is 9.78 Å². The van der Waals surface area contributed by atoms with Crippen molar-refractivity contribution in [2.75, 3.05) is 67.5 Å². The van der Waals surface area contributed by atoms with Crippen LogP contribution in [-0.2, 0) is 36.5 Å². The van der Waals surface area contributed by atoms with Crippen LogP contribution in [0.5, 0.6) is 11.5 Å². The second kappa shape index (κ2) is 19.4. The quantitative estimate of drug-likeness (QED) is 0.151. The topological polar surface area (TPSA) is 140 Å². The van der Waals surface area contributed by atoms with E-state index >= 15 is 0 Å². The number of nitrogens with zero attached hydrogens (tertiary/aromatic N) is 7. The van der Waals surface area contributed by atoms with Crippen LogP contribution >= 0.6 is 15.9 Å². The molecule has 73 heavy (non-hydrogen) atoms. The van der Waals surface area contributed by atoms with Gasteiger partial charge in [0.05, 0.1) is 32.0 Å². The Morgan fingerprint density at radius 2 is 1.22 bits per heavy atom. The van der Waals surface area contributed by atoms with Gasteiger partial charge in [0, 0.05) is 103 Å². The minimum atomic E-state index is -0.562. The summed E-state index contributed by atoms with van der Waals surface area (Å²) in [5.41, 5.74) is 7.15. The van der Waals surface area contributed by atoms with Crippen molar-refractivity contribution >= 4 is 81.0 Å². The van der Waals surface area contributed by atoms with Crippen LogP contribution < -0.4 is 34.5 Å². The van der Waals surface area contributed by atoms with Crippen molar-refractivity contribution in [2.45, 2.75) is 102 Å². The number of aliphatic imine (C=N–C) groups is 1. The van der Waals surface area contributed by atoms with Crippen LogP contribution in [0.4, 0.5) is 27.5 Å². The molecule has 7 heterocycles. The lowest BCUT2D eigenvalue weighted by atomic mass is 9.82. The third kappa shape index (κ3) is 9.67. The number of aromatic nitrogens is 2. The van der Waals surface area contributed by atoms with E-state index in [9.17, 15) is 14.4 Å². The van der Waals surface area contributed by atoms with Gasteiger partial charge in [0.2, 0.25) is 0 Å². The van der Waals surface area contributed by atoms with E-state index in [1.807, 2.05) is 139 Å². The predicted molar refractivity (Wildman–Crippen MR) is 291 cm³/mol. The smallest absolute Gasteiger partial charge is 0.497 e. The van der Waals surface area contributed by atoms with Gasteiger partial charge in [0.25, 0.3) is 11.8 Å². The van der Waals surface area contributed by atoms with Crippen molar-refractivity contribution in [2.24, 2.45) is 4.99 Å². The lowest BCUT2D eigenvalue weighted by Gasteiger charge is -2.32. The van der Waals surface area contributed by atoms with E-state index in [0.717, 1.165) is 99.9 Å². The van der Waals surface area contributed by atoms with Gasteiger partial charge < -0.3 is 43.1 Å². The first kappa shape index (κ1) is 51.5. The highest BCUT2D eigenvalue weighted by Crippen LogP contribution is 2.47. The molecule has 6 aliphatic rings. The van der Waals surface area contributed by atoms with Crippen LogP contribution in [0.3, 0.4) is 0 Å². The summed E-state index contributed by atoms with van der Waals surface area (Å²) in [4.78, 5) is 51.1. The van der Waals surface area contributed by atoms with E-state index in [-0.39, 0.29) is 11.8 Å². The Morgan fingerprint density at radius 1 is 0.726 bits per heavy atom. The van der Waals surface area contributed by atoms with E-state index in [2.05, 4.69) is 66.2 Å². The number of fused-ring (bicyclic) bond motifs is 2. The van der Waals surface area contributed by atoms with Crippen molar-refractivity contribution in [1.82, 2.24) is 9.78 Å². The summed E-state index contributed by atoms with van der Waals surface area (Å²) < 4.78 is 30.0. The molecule has 2 unspecified atom stereocenters. The van der Waals surface area contributed by atoms with Gasteiger partial charge in [-0.05, 0) is 132 Å². The Bertz CT molecular complexity index is 2970. The van der Waals surface area contributed by atoms with Crippen LogP contribution in [0.15, 0.2) is 113 Å². The van der Waals surface area contributed by atoms with Gasteiger partial charge in [-0.3, -0.25) is 14.6 Å². The number of rotatable bonds is 6. The fourth-order valence-electron chi connectivity index (χ4n) is 10.4. The summed E-state index contributed by atoms with van der Waals surface area (Å²) in [6.45, 7) is 15.6. The fraction of sp³-hybridized carbons (Fsp3) is 0.411. The minimum absolute atomic E-state index is 0.180. The van der Waals surface area contributed by atoms with Crippen molar-refractivity contribution < 1.29 is 37.9 Å². The SMILES string of the molecule is CC(C)(C)OC(=O)n1cc(B2OC(C)(C)C(C)(C)O2)cn1.COc1ccc2c(c1)N(C)C1(CCN(c3ccc(Br)cc3)C1=O)C2.COc1ccc2c(c1)N(C)C1(CCN(c3ccc(C4=CCN=C4)cc3)C1=O)C2. The Hall–Kier alpha value is -6.43. The molecule has 4 aromatic carbocycles. The molecule has 3 saturated heterocycles. The molecule has 15 nitrogen and oxygen atoms in total. The molecule has 0 bridgehead atoms. The summed E-state index contributed by atoms with van der Waals surface area (Å²) in [7, 11) is 6.86. The maximum absolute atomic E-state index is 13.5. The maximum atomic E-state index is 13.5. The number of likely N-dealkylation sites (N-methyl/N-ethyl adjacent to an activating group) is 2. The molecular weight excluding hydrogens is 989 g/mol. The van der Waals surface area contributed by atoms with Gasteiger partial charge >= 0.3 is 13.2 Å². The van der Waals surface area contributed by atoms with Crippen LogP contribution in [0.25, 0.3) is 5.57 Å². The minimum Gasteiger partial charge on any atom is -0.497 e. The van der Waals surface area contributed by atoms with Crippen molar-refractivity contribution in [3.05, 3.63) is 125 Å². The van der Waals surface area contributed by atoms with Gasteiger partial charge in [-0.15, -0.1) is 0 Å². The highest BCUT2D eigenvalue weighted by Gasteiger charge is 2.56. The lowest BCUT2D eigenvalue weighted by Crippen LogP contribution is -2.51. The number of carbonyl (C=O) groups is 3. The van der Waals surface area contributed by atoms with Crippen LogP contribution in [-0.4, -0.2) is 117 Å². The zero-order valence-corrected chi connectivity index (χ0v) is 45.3. The first-order chi connectivity index (χ1) is 34.6. The van der Waals surface area contributed by atoms with Gasteiger partial charge in [-0.25, -0.2) is 4.79 Å². The molecule has 0 N–H and O–H groups in total. The van der Waals surface area contributed by atoms with E-state index in [1.165, 1.54) is 11.1 Å². The second-order valence-electron chi connectivity index (χ2n) is 21.4. The number of hydrogen-bond donors (Lipinski definition) is 0. The van der Waals surface area contributed by atoms with Crippen LogP contribution in [0.1, 0.15) is 78.0 Å². The summed E-state index contributed by atoms with van der Waals surface area (Å²) in [5, 5.41) is 4.02. The molecule has 2 atom stereocenters.